The van der Waals surface area contributed by atoms with Crippen molar-refractivity contribution in [2.24, 2.45) is 10.1 Å². The van der Waals surface area contributed by atoms with Crippen LogP contribution in [-0.4, -0.2) is 29.3 Å². The van der Waals surface area contributed by atoms with Gasteiger partial charge < -0.3 is 9.47 Å². The number of thioether (sulfide) groups is 1. The molecule has 2 aliphatic rings. The van der Waals surface area contributed by atoms with Crippen LogP contribution in [-0.2, 0) is 10.5 Å². The van der Waals surface area contributed by atoms with Crippen molar-refractivity contribution in [3.8, 4) is 11.5 Å². The van der Waals surface area contributed by atoms with Gasteiger partial charge >= 0.3 is 0 Å². The molecule has 3 aromatic carbocycles. The molecule has 1 N–H and O–H groups in total. The van der Waals surface area contributed by atoms with Gasteiger partial charge in [0.2, 0.25) is 0 Å². The first-order valence-electron chi connectivity index (χ1n) is 11.9. The largest absolute Gasteiger partial charge is 0.490 e. The molecule has 10 heteroatoms. The summed E-state index contributed by atoms with van der Waals surface area (Å²) in [5.41, 5.74) is 1.65. The van der Waals surface area contributed by atoms with Gasteiger partial charge in [0.1, 0.15) is 18.1 Å². The Hall–Kier alpha value is -3.63. The molecule has 0 aliphatic carbocycles. The van der Waals surface area contributed by atoms with Crippen LogP contribution in [0.4, 0.5) is 4.39 Å². The van der Waals surface area contributed by atoms with E-state index in [2.05, 4.69) is 27.8 Å². The summed E-state index contributed by atoms with van der Waals surface area (Å²) < 4.78 is 26.6. The third-order valence-corrected chi connectivity index (χ3v) is 7.31. The quantitative estimate of drug-likeness (QED) is 0.385. The number of carbonyl (C=O) groups excluding carboxylic acids is 1. The number of benzene rings is 3. The Kier molecular flexibility index (Phi) is 7.80. The van der Waals surface area contributed by atoms with Gasteiger partial charge in [-0.15, -0.1) is 5.10 Å². The summed E-state index contributed by atoms with van der Waals surface area (Å²) >= 11 is 4.85. The van der Waals surface area contributed by atoms with Crippen molar-refractivity contribution in [2.45, 2.75) is 18.8 Å². The smallest absolute Gasteiger partial charge is 0.276 e. The molecule has 0 bridgehead atoms. The number of hydrogen-bond acceptors (Lipinski definition) is 7. The number of para-hydroxylation sites is 1. The number of halogens is 2. The monoisotopic (exact) mass is 594 g/mol. The lowest BCUT2D eigenvalue weighted by molar-refractivity contribution is -0.116. The highest BCUT2D eigenvalue weighted by molar-refractivity contribution is 9.10. The predicted octanol–water partition coefficient (Wildman–Crippen LogP) is 4.63. The summed E-state index contributed by atoms with van der Waals surface area (Å²) in [6.07, 6.45) is 1.01. The number of amidine groups is 1. The van der Waals surface area contributed by atoms with Gasteiger partial charge in [-0.1, -0.05) is 60.8 Å². The van der Waals surface area contributed by atoms with E-state index in [-0.39, 0.29) is 11.7 Å². The first-order chi connectivity index (χ1) is 18.5. The zero-order chi connectivity index (χ0) is 26.6. The highest BCUT2D eigenvalue weighted by Gasteiger charge is 2.35. The van der Waals surface area contributed by atoms with Gasteiger partial charge in [0, 0.05) is 16.5 Å². The van der Waals surface area contributed by atoms with Crippen LogP contribution in [0.3, 0.4) is 0 Å². The molecule has 7 nitrogen and oxygen atoms in total. The lowest BCUT2D eigenvalue weighted by Gasteiger charge is -2.34. The minimum atomic E-state index is -0.654. The Morgan fingerprint density at radius 1 is 1.18 bits per heavy atom. The molecule has 1 amide bonds. The van der Waals surface area contributed by atoms with E-state index in [9.17, 15) is 9.18 Å². The third kappa shape index (κ3) is 5.19. The molecule has 0 saturated heterocycles. The van der Waals surface area contributed by atoms with Crippen LogP contribution in [0.15, 0.2) is 87.9 Å². The summed E-state index contributed by atoms with van der Waals surface area (Å²) in [5.74, 6) is 0.786. The van der Waals surface area contributed by atoms with Crippen LogP contribution in [0, 0.1) is 5.82 Å². The number of carbonyl (C=O) groups is 1. The second kappa shape index (κ2) is 11.4. The Morgan fingerprint density at radius 2 is 1.97 bits per heavy atom. The summed E-state index contributed by atoms with van der Waals surface area (Å²) in [7, 11) is 0. The topological polar surface area (TPSA) is 75.5 Å². The number of hydrazone groups is 1. The van der Waals surface area contributed by atoms with Crippen molar-refractivity contribution in [3.63, 3.8) is 0 Å². The van der Waals surface area contributed by atoms with Crippen molar-refractivity contribution < 1.29 is 18.7 Å². The van der Waals surface area contributed by atoms with Crippen LogP contribution in [0.25, 0.3) is 5.70 Å². The van der Waals surface area contributed by atoms with Crippen LogP contribution in [0.1, 0.15) is 24.2 Å². The molecule has 5 rings (SSSR count). The first kappa shape index (κ1) is 26.0. The molecular formula is C28H24BrFN4O3S. The molecule has 0 radical (unpaired) electrons. The molecule has 0 spiro atoms. The highest BCUT2D eigenvalue weighted by atomic mass is 79.9. The number of amides is 1. The van der Waals surface area contributed by atoms with E-state index in [4.69, 9.17) is 19.6 Å². The summed E-state index contributed by atoms with van der Waals surface area (Å²) in [6.45, 7) is 6.35. The normalized spacial score (nSPS) is 16.0. The summed E-state index contributed by atoms with van der Waals surface area (Å²) in [6, 6.07) is 17.7. The Balaban J connectivity index is 1.58. The van der Waals surface area contributed by atoms with Gasteiger partial charge in [-0.2, -0.15) is 0 Å². The van der Waals surface area contributed by atoms with E-state index >= 15 is 0 Å². The maximum Gasteiger partial charge on any atom is 0.276 e. The molecule has 0 fully saturated rings. The van der Waals surface area contributed by atoms with Crippen molar-refractivity contribution >= 4 is 44.5 Å². The minimum Gasteiger partial charge on any atom is -0.490 e. The minimum absolute atomic E-state index is 0.304. The van der Waals surface area contributed by atoms with Crippen molar-refractivity contribution in [1.82, 2.24) is 10.3 Å². The maximum atomic E-state index is 14.2. The van der Waals surface area contributed by atoms with Crippen LogP contribution in [0.2, 0.25) is 0 Å². The lowest BCUT2D eigenvalue weighted by Crippen LogP contribution is -2.50. The molecule has 194 valence electrons. The molecule has 1 unspecified atom stereocenters. The van der Waals surface area contributed by atoms with E-state index in [1.54, 1.807) is 29.3 Å². The lowest BCUT2D eigenvalue weighted by atomic mass is 10.1. The Bertz CT molecular complexity index is 1560. The Labute approximate surface area is 231 Å². The average molecular weight is 595 g/mol. The molecule has 3 aromatic rings. The van der Waals surface area contributed by atoms with Crippen molar-refractivity contribution in [1.29, 1.82) is 0 Å². The number of rotatable bonds is 8. The SMILES string of the molecule is C=CCOc1c(Br)cc(C2N=c3ccccc3=C3C(=O)NC(SCc4ccccc4F)=NN32)cc1OCC. The van der Waals surface area contributed by atoms with Crippen molar-refractivity contribution in [2.75, 3.05) is 13.2 Å². The first-order valence-corrected chi connectivity index (χ1v) is 13.7. The third-order valence-electron chi connectivity index (χ3n) is 5.81. The molecule has 2 heterocycles. The fourth-order valence-electron chi connectivity index (χ4n) is 4.15. The fourth-order valence-corrected chi connectivity index (χ4v) is 5.56. The number of fused-ring (bicyclic) bond motifs is 2. The van der Waals surface area contributed by atoms with E-state index in [0.29, 0.717) is 61.9 Å². The molecule has 2 aliphatic heterocycles. The van der Waals surface area contributed by atoms with Gasteiger partial charge in [-0.3, -0.25) is 15.1 Å². The predicted molar refractivity (Wildman–Crippen MR) is 149 cm³/mol. The molecular weight excluding hydrogens is 571 g/mol. The van der Waals surface area contributed by atoms with E-state index in [1.165, 1.54) is 17.8 Å². The molecule has 1 atom stereocenters. The standard InChI is InChI=1S/C28H24BrFN4O3S/c1-3-13-37-25-20(29)14-18(15-23(25)36-4-2)26-31-22-12-8-6-10-19(22)24-27(35)32-28(33-34(24)26)38-16-17-9-5-7-11-21(17)30/h3,5-12,14-15,26H,1,4,13,16H2,2H3,(H,32,33,35). The van der Waals surface area contributed by atoms with Gasteiger partial charge in [-0.25, -0.2) is 9.40 Å². The second-order valence-electron chi connectivity index (χ2n) is 8.32. The van der Waals surface area contributed by atoms with Gasteiger partial charge in [0.15, 0.2) is 22.8 Å². The second-order valence-corrected chi connectivity index (χ2v) is 10.1. The zero-order valence-corrected chi connectivity index (χ0v) is 22.9. The summed E-state index contributed by atoms with van der Waals surface area (Å²) in [4.78, 5) is 18.4. The molecule has 0 saturated carbocycles. The van der Waals surface area contributed by atoms with Crippen molar-refractivity contribution in [3.05, 3.63) is 105 Å². The van der Waals surface area contributed by atoms with Crippen LogP contribution >= 0.6 is 27.7 Å². The summed E-state index contributed by atoms with van der Waals surface area (Å²) in [5, 5.41) is 11.0. The number of ether oxygens (including phenoxy) is 2. The maximum absolute atomic E-state index is 14.2. The number of nitrogens with zero attached hydrogens (tertiary/aromatic N) is 3. The average Bonchev–Trinajstić information content (AvgIpc) is 2.91. The molecule has 0 aromatic heterocycles. The van der Waals surface area contributed by atoms with E-state index in [1.807, 2.05) is 43.3 Å². The Morgan fingerprint density at radius 3 is 2.76 bits per heavy atom. The fraction of sp³-hybridized carbons (Fsp3) is 0.179. The van der Waals surface area contributed by atoms with Crippen LogP contribution in [0.5, 0.6) is 11.5 Å². The highest BCUT2D eigenvalue weighted by Crippen LogP contribution is 2.41. The van der Waals surface area contributed by atoms with E-state index < -0.39 is 6.17 Å². The number of hydrogen-bond donors (Lipinski definition) is 1. The number of nitrogens with one attached hydrogen (secondary N) is 1. The van der Waals surface area contributed by atoms with Gasteiger partial charge in [0.05, 0.1) is 16.4 Å². The van der Waals surface area contributed by atoms with Gasteiger partial charge in [-0.05, 0) is 52.7 Å². The van der Waals surface area contributed by atoms with Crippen LogP contribution < -0.4 is 25.4 Å². The van der Waals surface area contributed by atoms with Gasteiger partial charge in [0.25, 0.3) is 5.91 Å². The molecule has 38 heavy (non-hydrogen) atoms. The van der Waals surface area contributed by atoms with E-state index in [0.717, 1.165) is 5.56 Å². The zero-order valence-electron chi connectivity index (χ0n) is 20.5.